The molecule has 3 aromatic rings. The number of amides is 1. The van der Waals surface area contributed by atoms with Crippen LogP contribution in [0.25, 0.3) is 5.69 Å². The molecular formula is C25H27N5O2. The first-order valence-corrected chi connectivity index (χ1v) is 10.9. The van der Waals surface area contributed by atoms with E-state index in [-0.39, 0.29) is 12.0 Å². The van der Waals surface area contributed by atoms with Crippen molar-refractivity contribution in [1.29, 1.82) is 5.26 Å². The predicted octanol–water partition coefficient (Wildman–Crippen LogP) is 4.34. The zero-order valence-electron chi connectivity index (χ0n) is 18.3. The standard InChI is InChI=1S/C25H27N5O2/c1-17(2)18-3-6-21(7-4-18)30-15-19(13-28-30)24(32)29-20-5-8-23(27-14-20)25(16-26)11-9-22(31)10-12-25/h3-8,13-15,17,22,31H,9-12H2,1-2H3,(H,29,32). The Bertz CT molecular complexity index is 1120. The summed E-state index contributed by atoms with van der Waals surface area (Å²) in [5.41, 5.74) is 3.14. The molecule has 2 N–H and O–H groups in total. The quantitative estimate of drug-likeness (QED) is 0.628. The summed E-state index contributed by atoms with van der Waals surface area (Å²) in [6.45, 7) is 4.29. The van der Waals surface area contributed by atoms with Gasteiger partial charge in [0.2, 0.25) is 0 Å². The Labute approximate surface area is 187 Å². The second-order valence-corrected chi connectivity index (χ2v) is 8.73. The van der Waals surface area contributed by atoms with Crippen molar-refractivity contribution in [1.82, 2.24) is 14.8 Å². The fourth-order valence-corrected chi connectivity index (χ4v) is 4.07. The largest absolute Gasteiger partial charge is 0.393 e. The van der Waals surface area contributed by atoms with Crippen LogP contribution in [-0.4, -0.2) is 31.9 Å². The average Bonchev–Trinajstić information content (AvgIpc) is 3.31. The number of nitriles is 1. The summed E-state index contributed by atoms with van der Waals surface area (Å²) < 4.78 is 1.68. The van der Waals surface area contributed by atoms with Gasteiger partial charge in [0, 0.05) is 6.20 Å². The van der Waals surface area contributed by atoms with Crippen molar-refractivity contribution in [3.05, 3.63) is 71.8 Å². The summed E-state index contributed by atoms with van der Waals surface area (Å²) in [5, 5.41) is 26.6. The number of hydrogen-bond acceptors (Lipinski definition) is 5. The van der Waals surface area contributed by atoms with Crippen LogP contribution in [0.3, 0.4) is 0 Å². The predicted molar refractivity (Wildman–Crippen MR) is 122 cm³/mol. The molecule has 1 amide bonds. The number of carbonyl (C=O) groups is 1. The van der Waals surface area contributed by atoms with Crippen LogP contribution in [0.1, 0.15) is 67.1 Å². The number of aromatic nitrogens is 3. The van der Waals surface area contributed by atoms with Gasteiger partial charge in [-0.05, 0) is 61.4 Å². The minimum Gasteiger partial charge on any atom is -0.393 e. The Kier molecular flexibility index (Phi) is 6.06. The maximum Gasteiger partial charge on any atom is 0.258 e. The van der Waals surface area contributed by atoms with E-state index in [0.717, 1.165) is 5.69 Å². The fraction of sp³-hybridized carbons (Fsp3) is 0.360. The van der Waals surface area contributed by atoms with Crippen LogP contribution in [0, 0.1) is 11.3 Å². The molecule has 4 rings (SSSR count). The molecule has 1 aromatic carbocycles. The van der Waals surface area contributed by atoms with E-state index in [4.69, 9.17) is 0 Å². The molecule has 1 saturated carbocycles. The van der Waals surface area contributed by atoms with Crippen LogP contribution in [0.15, 0.2) is 55.0 Å². The molecule has 0 radical (unpaired) electrons. The molecule has 1 aliphatic rings. The lowest BCUT2D eigenvalue weighted by Gasteiger charge is -2.32. The molecule has 32 heavy (non-hydrogen) atoms. The van der Waals surface area contributed by atoms with Crippen molar-refractivity contribution in [2.75, 3.05) is 5.32 Å². The van der Waals surface area contributed by atoms with Gasteiger partial charge in [-0.1, -0.05) is 26.0 Å². The number of aliphatic hydroxyl groups is 1. The fourth-order valence-electron chi connectivity index (χ4n) is 4.07. The molecule has 0 bridgehead atoms. The van der Waals surface area contributed by atoms with E-state index in [1.54, 1.807) is 29.2 Å². The van der Waals surface area contributed by atoms with Gasteiger partial charge in [-0.2, -0.15) is 10.4 Å². The van der Waals surface area contributed by atoms with E-state index in [1.807, 2.05) is 12.1 Å². The lowest BCUT2D eigenvalue weighted by atomic mass is 9.72. The minimum atomic E-state index is -0.673. The Balaban J connectivity index is 1.44. The van der Waals surface area contributed by atoms with Crippen LogP contribution >= 0.6 is 0 Å². The van der Waals surface area contributed by atoms with Crippen molar-refractivity contribution in [3.63, 3.8) is 0 Å². The van der Waals surface area contributed by atoms with Crippen LogP contribution < -0.4 is 5.32 Å². The van der Waals surface area contributed by atoms with E-state index in [2.05, 4.69) is 47.4 Å². The monoisotopic (exact) mass is 429 g/mol. The topological polar surface area (TPSA) is 104 Å². The second-order valence-electron chi connectivity index (χ2n) is 8.73. The van der Waals surface area contributed by atoms with E-state index in [1.165, 1.54) is 11.8 Å². The van der Waals surface area contributed by atoms with Crippen molar-refractivity contribution in [3.8, 4) is 11.8 Å². The number of nitrogens with one attached hydrogen (secondary N) is 1. The third-order valence-corrected chi connectivity index (χ3v) is 6.20. The molecule has 7 heteroatoms. The smallest absolute Gasteiger partial charge is 0.258 e. The van der Waals surface area contributed by atoms with E-state index >= 15 is 0 Å². The average molecular weight is 430 g/mol. The van der Waals surface area contributed by atoms with Gasteiger partial charge >= 0.3 is 0 Å². The molecule has 7 nitrogen and oxygen atoms in total. The molecule has 0 aliphatic heterocycles. The highest BCUT2D eigenvalue weighted by Gasteiger charge is 2.37. The van der Waals surface area contributed by atoms with Gasteiger partial charge in [0.05, 0.1) is 52.6 Å². The zero-order chi connectivity index (χ0) is 22.7. The summed E-state index contributed by atoms with van der Waals surface area (Å²) in [6.07, 6.45) is 6.82. The first kappa shape index (κ1) is 21.7. The number of nitrogens with zero attached hydrogens (tertiary/aromatic N) is 4. The van der Waals surface area contributed by atoms with Crippen LogP contribution in [-0.2, 0) is 5.41 Å². The highest BCUT2D eigenvalue weighted by atomic mass is 16.3. The Morgan fingerprint density at radius 1 is 1.19 bits per heavy atom. The highest BCUT2D eigenvalue weighted by molar-refractivity contribution is 6.03. The Hall–Kier alpha value is -3.50. The zero-order valence-corrected chi connectivity index (χ0v) is 18.3. The van der Waals surface area contributed by atoms with Gasteiger partial charge in [-0.3, -0.25) is 9.78 Å². The number of aliphatic hydroxyl groups excluding tert-OH is 1. The molecule has 164 valence electrons. The Morgan fingerprint density at radius 3 is 2.50 bits per heavy atom. The molecule has 0 spiro atoms. The molecular weight excluding hydrogens is 402 g/mol. The van der Waals surface area contributed by atoms with Crippen LogP contribution in [0.4, 0.5) is 5.69 Å². The molecule has 0 atom stereocenters. The van der Waals surface area contributed by atoms with Crippen molar-refractivity contribution in [2.45, 2.75) is 57.0 Å². The maximum atomic E-state index is 12.7. The van der Waals surface area contributed by atoms with E-state index in [0.29, 0.717) is 48.5 Å². The second kappa shape index (κ2) is 8.93. The first-order chi connectivity index (χ1) is 15.4. The SMILES string of the molecule is CC(C)c1ccc(-n2cc(C(=O)Nc3ccc(C4(C#N)CCC(O)CC4)nc3)cn2)cc1. The number of anilines is 1. The normalized spacial score (nSPS) is 20.7. The Morgan fingerprint density at radius 2 is 1.91 bits per heavy atom. The van der Waals surface area contributed by atoms with Gasteiger partial charge in [0.15, 0.2) is 0 Å². The van der Waals surface area contributed by atoms with Crippen LogP contribution in [0.5, 0.6) is 0 Å². The van der Waals surface area contributed by atoms with Gasteiger partial charge in [0.1, 0.15) is 0 Å². The van der Waals surface area contributed by atoms with Gasteiger partial charge in [-0.15, -0.1) is 0 Å². The number of pyridine rings is 1. The minimum absolute atomic E-state index is 0.277. The van der Waals surface area contributed by atoms with Crippen LogP contribution in [0.2, 0.25) is 0 Å². The molecule has 2 heterocycles. The summed E-state index contributed by atoms with van der Waals surface area (Å²) in [6, 6.07) is 14.1. The van der Waals surface area contributed by atoms with E-state index in [9.17, 15) is 15.2 Å². The van der Waals surface area contributed by atoms with Gasteiger partial charge in [0.25, 0.3) is 5.91 Å². The number of hydrogen-bond donors (Lipinski definition) is 2. The first-order valence-electron chi connectivity index (χ1n) is 10.9. The highest BCUT2D eigenvalue weighted by Crippen LogP contribution is 2.38. The summed E-state index contributed by atoms with van der Waals surface area (Å²) >= 11 is 0. The number of carbonyl (C=O) groups excluding carboxylic acids is 1. The summed E-state index contributed by atoms with van der Waals surface area (Å²) in [7, 11) is 0. The van der Waals surface area contributed by atoms with Crippen molar-refractivity contribution in [2.24, 2.45) is 0 Å². The molecule has 0 unspecified atom stereocenters. The third kappa shape index (κ3) is 4.41. The summed E-state index contributed by atoms with van der Waals surface area (Å²) in [4.78, 5) is 17.1. The number of rotatable bonds is 5. The lowest BCUT2D eigenvalue weighted by molar-refractivity contribution is 0.102. The third-order valence-electron chi connectivity index (χ3n) is 6.20. The van der Waals surface area contributed by atoms with Gasteiger partial charge < -0.3 is 10.4 Å². The molecule has 2 aromatic heterocycles. The molecule has 1 fully saturated rings. The van der Waals surface area contributed by atoms with Gasteiger partial charge in [-0.25, -0.2) is 4.68 Å². The summed E-state index contributed by atoms with van der Waals surface area (Å²) in [5.74, 6) is 0.177. The van der Waals surface area contributed by atoms with E-state index < -0.39 is 5.41 Å². The lowest BCUT2D eigenvalue weighted by Crippen LogP contribution is -2.33. The molecule has 1 aliphatic carbocycles. The van der Waals surface area contributed by atoms with Crippen molar-refractivity contribution >= 4 is 11.6 Å². The molecule has 0 saturated heterocycles. The number of benzene rings is 1. The maximum absolute atomic E-state index is 12.7. The van der Waals surface area contributed by atoms with Crippen molar-refractivity contribution < 1.29 is 9.90 Å².